The first-order valence-corrected chi connectivity index (χ1v) is 22.3. The molecule has 3 heterocycles. The van der Waals surface area contributed by atoms with E-state index in [9.17, 15) is 14.7 Å². The van der Waals surface area contributed by atoms with Gasteiger partial charge in [-0.05, 0) is 47.1 Å². The predicted molar refractivity (Wildman–Crippen MR) is 234 cm³/mol. The van der Waals surface area contributed by atoms with Crippen LogP contribution in [0.4, 0.5) is 0 Å². The van der Waals surface area contributed by atoms with E-state index in [-0.39, 0.29) is 37.6 Å². The number of aliphatic hydroxyl groups is 1. The van der Waals surface area contributed by atoms with Crippen molar-refractivity contribution in [2.75, 3.05) is 12.4 Å². The molecule has 5 aromatic rings. The Morgan fingerprint density at radius 1 is 0.581 bits per heavy atom. The fourth-order valence-electron chi connectivity index (χ4n) is 8.26. The Hall–Kier alpha value is -4.73. The van der Waals surface area contributed by atoms with Crippen molar-refractivity contribution in [3.8, 4) is 0 Å². The van der Waals surface area contributed by atoms with Crippen LogP contribution in [0.15, 0.2) is 146 Å². The van der Waals surface area contributed by atoms with Crippen LogP contribution >= 0.6 is 11.8 Å². The fraction of sp³-hybridized carbons (Fsp3) is 0.360. The summed E-state index contributed by atoms with van der Waals surface area (Å²) >= 11 is 1.40. The molecule has 3 aliphatic heterocycles. The molecule has 0 radical (unpaired) electrons. The molecule has 0 aliphatic carbocycles. The van der Waals surface area contributed by atoms with Gasteiger partial charge in [-0.1, -0.05) is 140 Å². The molecule has 324 valence electrons. The van der Waals surface area contributed by atoms with Crippen molar-refractivity contribution >= 4 is 23.6 Å². The molecule has 2 amide bonds. The molecule has 0 spiro atoms. The maximum atomic E-state index is 14.0. The monoisotopic (exact) mass is 859 g/mol. The van der Waals surface area contributed by atoms with Gasteiger partial charge < -0.3 is 38.3 Å². The van der Waals surface area contributed by atoms with Crippen molar-refractivity contribution in [2.24, 2.45) is 0 Å². The number of ether oxygens (including phenoxy) is 7. The molecule has 8 rings (SSSR count). The molecule has 2 saturated heterocycles. The second-order valence-electron chi connectivity index (χ2n) is 15.6. The number of imide groups is 1. The van der Waals surface area contributed by atoms with Crippen LogP contribution in [0.1, 0.15) is 56.8 Å². The maximum Gasteiger partial charge on any atom is 0.262 e. The number of carbonyl (C=O) groups is 2. The van der Waals surface area contributed by atoms with E-state index in [1.54, 1.807) is 24.3 Å². The van der Waals surface area contributed by atoms with Gasteiger partial charge in [-0.3, -0.25) is 14.5 Å². The molecule has 1 N–H and O–H groups in total. The van der Waals surface area contributed by atoms with Crippen LogP contribution < -0.4 is 0 Å². The second kappa shape index (κ2) is 21.1. The lowest BCUT2D eigenvalue weighted by atomic mass is 9.95. The van der Waals surface area contributed by atoms with Crippen LogP contribution in [0.3, 0.4) is 0 Å². The average molecular weight is 860 g/mol. The molecular formula is C50H53NO10S. The van der Waals surface area contributed by atoms with E-state index >= 15 is 0 Å². The quantitative estimate of drug-likeness (QED) is 0.0878. The van der Waals surface area contributed by atoms with Gasteiger partial charge in [0, 0.05) is 0 Å². The number of nitrogens with zero attached hydrogens (tertiary/aromatic N) is 1. The first-order valence-electron chi connectivity index (χ1n) is 21.2. The number of fused-ring (bicyclic) bond motifs is 1. The summed E-state index contributed by atoms with van der Waals surface area (Å²) in [5, 5.41) is 12.7. The highest BCUT2D eigenvalue weighted by Crippen LogP contribution is 2.39. The molecule has 0 saturated carbocycles. The van der Waals surface area contributed by atoms with Gasteiger partial charge in [0.2, 0.25) is 0 Å². The van der Waals surface area contributed by atoms with Crippen LogP contribution in [0, 0.1) is 0 Å². The van der Waals surface area contributed by atoms with Crippen LogP contribution in [-0.4, -0.2) is 94.7 Å². The molecule has 0 aromatic heterocycles. The summed E-state index contributed by atoms with van der Waals surface area (Å²) in [6.07, 6.45) is -7.37. The number of hydrogen-bond donors (Lipinski definition) is 1. The Labute approximate surface area is 367 Å². The van der Waals surface area contributed by atoms with Gasteiger partial charge in [0.15, 0.2) is 6.29 Å². The normalized spacial score (nSPS) is 27.3. The molecule has 0 bridgehead atoms. The van der Waals surface area contributed by atoms with Crippen LogP contribution in [0.25, 0.3) is 0 Å². The van der Waals surface area contributed by atoms with Crippen LogP contribution in [0.5, 0.6) is 0 Å². The average Bonchev–Trinajstić information content (AvgIpc) is 3.55. The van der Waals surface area contributed by atoms with Gasteiger partial charge in [0.05, 0.1) is 50.3 Å². The van der Waals surface area contributed by atoms with Crippen molar-refractivity contribution in [3.05, 3.63) is 179 Å². The highest BCUT2D eigenvalue weighted by atomic mass is 32.2. The summed E-state index contributed by atoms with van der Waals surface area (Å²) in [5.41, 5.74) is 3.58. The lowest BCUT2D eigenvalue weighted by Gasteiger charge is -2.50. The molecule has 3 aliphatic rings. The maximum absolute atomic E-state index is 14.0. The number of aliphatic hydroxyl groups excluding tert-OH is 1. The lowest BCUT2D eigenvalue weighted by Crippen LogP contribution is -2.67. The topological polar surface area (TPSA) is 122 Å². The van der Waals surface area contributed by atoms with Crippen molar-refractivity contribution < 1.29 is 47.9 Å². The third kappa shape index (κ3) is 10.2. The van der Waals surface area contributed by atoms with Crippen molar-refractivity contribution in [3.63, 3.8) is 0 Å². The molecule has 2 fully saturated rings. The van der Waals surface area contributed by atoms with Crippen molar-refractivity contribution in [1.82, 2.24) is 4.90 Å². The van der Waals surface area contributed by atoms with Gasteiger partial charge >= 0.3 is 0 Å². The first-order chi connectivity index (χ1) is 30.4. The number of carbonyl (C=O) groups excluding carboxylic acids is 2. The van der Waals surface area contributed by atoms with E-state index in [1.807, 2.05) is 135 Å². The Morgan fingerprint density at radius 3 is 1.53 bits per heavy atom. The molecule has 62 heavy (non-hydrogen) atoms. The molecular weight excluding hydrogens is 807 g/mol. The summed E-state index contributed by atoms with van der Waals surface area (Å²) in [5.74, 6) is -0.419. The lowest BCUT2D eigenvalue weighted by molar-refractivity contribution is -0.347. The predicted octanol–water partition coefficient (Wildman–Crippen LogP) is 7.59. The van der Waals surface area contributed by atoms with E-state index < -0.39 is 72.3 Å². The minimum absolute atomic E-state index is 0.0286. The molecule has 12 heteroatoms. The highest BCUT2D eigenvalue weighted by Gasteiger charge is 2.56. The minimum atomic E-state index is -1.43. The third-order valence-corrected chi connectivity index (χ3v) is 12.4. The van der Waals surface area contributed by atoms with E-state index in [0.29, 0.717) is 12.4 Å². The number of amides is 2. The zero-order valence-electron chi connectivity index (χ0n) is 34.8. The van der Waals surface area contributed by atoms with Crippen molar-refractivity contribution in [2.45, 2.75) is 101 Å². The largest absolute Gasteiger partial charge is 0.388 e. The van der Waals surface area contributed by atoms with Crippen molar-refractivity contribution in [1.29, 1.82) is 0 Å². The smallest absolute Gasteiger partial charge is 0.262 e. The summed E-state index contributed by atoms with van der Waals surface area (Å²) in [4.78, 5) is 29.2. The summed E-state index contributed by atoms with van der Waals surface area (Å²) in [6, 6.07) is 44.9. The van der Waals surface area contributed by atoms with E-state index in [0.717, 1.165) is 27.2 Å². The molecule has 5 aromatic carbocycles. The minimum Gasteiger partial charge on any atom is -0.388 e. The Kier molecular flexibility index (Phi) is 14.9. The van der Waals surface area contributed by atoms with Gasteiger partial charge in [0.1, 0.15) is 48.1 Å². The van der Waals surface area contributed by atoms with Gasteiger partial charge in [-0.15, -0.1) is 11.8 Å². The standard InChI is InChI=1S/C50H53NO10S/c1-3-62-50-41(51-47(53)38-26-16-17-27-39(38)48(51)54)42(52)44(40(60-50)32-55-28-34-18-8-4-9-19-34)61-49-46(58-31-37-24-14-7-15-25-37)45(57-30-36-22-12-6-13-23-36)43(33(2)59-49)56-29-35-20-10-5-11-21-35/h4-27,33,40-46,49-50,52H,3,28-32H2,1-2H3/t33-,40+,41+,42+,43+,44+,45+,46-,49-,50-/m0/s1. The van der Waals surface area contributed by atoms with Crippen LogP contribution in [0.2, 0.25) is 0 Å². The van der Waals surface area contributed by atoms with E-state index in [2.05, 4.69) is 0 Å². The first kappa shape index (κ1) is 43.9. The third-order valence-electron chi connectivity index (χ3n) is 11.4. The Morgan fingerprint density at radius 2 is 1.03 bits per heavy atom. The zero-order chi connectivity index (χ0) is 42.8. The summed E-state index contributed by atoms with van der Waals surface area (Å²) in [7, 11) is 0. The van der Waals surface area contributed by atoms with E-state index in [1.165, 1.54) is 11.8 Å². The van der Waals surface area contributed by atoms with Gasteiger partial charge in [0.25, 0.3) is 11.8 Å². The Bertz CT molecular complexity index is 2150. The molecule has 0 unspecified atom stereocenters. The number of benzene rings is 5. The number of rotatable bonds is 18. The number of thioether (sulfide) groups is 1. The molecule has 11 nitrogen and oxygen atoms in total. The Balaban J connectivity index is 1.14. The highest BCUT2D eigenvalue weighted by molar-refractivity contribution is 7.99. The van der Waals surface area contributed by atoms with Crippen LogP contribution in [-0.2, 0) is 59.6 Å². The molecule has 10 atom stereocenters. The summed E-state index contributed by atoms with van der Waals surface area (Å²) in [6.45, 7) is 4.93. The fourth-order valence-corrected chi connectivity index (χ4v) is 9.29. The second-order valence-corrected chi connectivity index (χ2v) is 17.0. The number of hydrogen-bond acceptors (Lipinski definition) is 11. The van der Waals surface area contributed by atoms with Gasteiger partial charge in [-0.25, -0.2) is 0 Å². The SMILES string of the molecule is CCS[C@@H]1O[C@H](COCc2ccccc2)[C@@H](O[C@@H]2O[C@@H](C)[C@@H](OCc3ccccc3)[C@@H](OCc3ccccc3)[C@@H]2OCc2ccccc2)[C@H](O)[C@H]1N1C(=O)c2ccccc2C1=O. The van der Waals surface area contributed by atoms with Gasteiger partial charge in [-0.2, -0.15) is 0 Å². The summed E-state index contributed by atoms with van der Waals surface area (Å²) < 4.78 is 47.1. The van der Waals surface area contributed by atoms with E-state index in [4.69, 9.17) is 33.2 Å². The zero-order valence-corrected chi connectivity index (χ0v) is 35.7.